The van der Waals surface area contributed by atoms with E-state index >= 15 is 0 Å². The number of rotatable bonds is 4. The molecule has 0 saturated heterocycles. The zero-order valence-corrected chi connectivity index (χ0v) is 12.7. The summed E-state index contributed by atoms with van der Waals surface area (Å²) in [4.78, 5) is 16.4. The first kappa shape index (κ1) is 14.1. The summed E-state index contributed by atoms with van der Waals surface area (Å²) < 4.78 is 0. The molecule has 1 aliphatic rings. The van der Waals surface area contributed by atoms with Gasteiger partial charge in [0.15, 0.2) is 0 Å². The van der Waals surface area contributed by atoms with Crippen molar-refractivity contribution in [1.29, 1.82) is 0 Å². The zero-order chi connectivity index (χ0) is 14.5. The van der Waals surface area contributed by atoms with Crippen molar-refractivity contribution in [3.8, 4) is 11.3 Å². The molecule has 0 aliphatic heterocycles. The fourth-order valence-corrected chi connectivity index (χ4v) is 3.34. The quantitative estimate of drug-likeness (QED) is 0.907. The van der Waals surface area contributed by atoms with Gasteiger partial charge < -0.3 is 10.6 Å². The molecule has 110 valence electrons. The molecule has 21 heavy (non-hydrogen) atoms. The molecule has 1 aromatic heterocycles. The number of nitrogens with zero attached hydrogens (tertiary/aromatic N) is 1. The van der Waals surface area contributed by atoms with Gasteiger partial charge in [0.05, 0.1) is 12.2 Å². The number of amides is 2. The molecule has 0 unspecified atom stereocenters. The van der Waals surface area contributed by atoms with Gasteiger partial charge in [-0.3, -0.25) is 0 Å². The average molecular weight is 301 g/mol. The van der Waals surface area contributed by atoms with Crippen molar-refractivity contribution in [1.82, 2.24) is 15.6 Å². The molecule has 2 N–H and O–H groups in total. The summed E-state index contributed by atoms with van der Waals surface area (Å²) in [5, 5.41) is 8.86. The fraction of sp³-hybridized carbons (Fsp3) is 0.375. The van der Waals surface area contributed by atoms with Crippen molar-refractivity contribution in [2.75, 3.05) is 0 Å². The first-order chi connectivity index (χ1) is 10.3. The summed E-state index contributed by atoms with van der Waals surface area (Å²) in [6.45, 7) is 0.482. The Kier molecular flexibility index (Phi) is 4.50. The highest BCUT2D eigenvalue weighted by atomic mass is 32.1. The summed E-state index contributed by atoms with van der Waals surface area (Å²) in [7, 11) is 0. The van der Waals surface area contributed by atoms with Crippen molar-refractivity contribution < 1.29 is 4.79 Å². The van der Waals surface area contributed by atoms with Crippen molar-refractivity contribution in [2.24, 2.45) is 0 Å². The van der Waals surface area contributed by atoms with Gasteiger partial charge in [-0.15, -0.1) is 11.3 Å². The second-order valence-electron chi connectivity index (χ2n) is 5.30. The van der Waals surface area contributed by atoms with E-state index in [0.717, 1.165) is 29.1 Å². The van der Waals surface area contributed by atoms with Crippen LogP contribution in [-0.4, -0.2) is 17.1 Å². The maximum Gasteiger partial charge on any atom is 0.315 e. The number of urea groups is 1. The number of hydrogen-bond acceptors (Lipinski definition) is 3. The van der Waals surface area contributed by atoms with Crippen LogP contribution < -0.4 is 10.6 Å². The zero-order valence-electron chi connectivity index (χ0n) is 11.8. The molecule has 1 aromatic carbocycles. The normalized spacial score (nSPS) is 15.0. The van der Waals surface area contributed by atoms with Crippen LogP contribution in [0.5, 0.6) is 0 Å². The summed E-state index contributed by atoms with van der Waals surface area (Å²) in [5.74, 6) is 0. The molecule has 2 aromatic rings. The molecular weight excluding hydrogens is 282 g/mol. The number of hydrogen-bond donors (Lipinski definition) is 2. The molecule has 5 heteroatoms. The summed E-state index contributed by atoms with van der Waals surface area (Å²) in [6.07, 6.45) is 4.64. The lowest BCUT2D eigenvalue weighted by atomic mass is 10.2. The number of carbonyl (C=O) groups excluding carboxylic acids is 1. The van der Waals surface area contributed by atoms with E-state index in [1.165, 1.54) is 12.8 Å². The molecule has 1 fully saturated rings. The van der Waals surface area contributed by atoms with Gasteiger partial charge in [0.25, 0.3) is 0 Å². The molecule has 2 amide bonds. The third-order valence-electron chi connectivity index (χ3n) is 3.71. The van der Waals surface area contributed by atoms with Gasteiger partial charge in [0, 0.05) is 17.0 Å². The number of thiazole rings is 1. The van der Waals surface area contributed by atoms with Crippen LogP contribution in [-0.2, 0) is 6.54 Å². The van der Waals surface area contributed by atoms with E-state index in [-0.39, 0.29) is 6.03 Å². The molecule has 3 rings (SSSR count). The first-order valence-electron chi connectivity index (χ1n) is 7.35. The predicted molar refractivity (Wildman–Crippen MR) is 85.2 cm³/mol. The van der Waals surface area contributed by atoms with Crippen LogP contribution in [0.4, 0.5) is 4.79 Å². The molecule has 1 heterocycles. The highest BCUT2D eigenvalue weighted by Crippen LogP contribution is 2.21. The Balaban J connectivity index is 1.51. The maximum absolute atomic E-state index is 11.8. The van der Waals surface area contributed by atoms with E-state index in [9.17, 15) is 4.79 Å². The van der Waals surface area contributed by atoms with Gasteiger partial charge in [-0.2, -0.15) is 0 Å². The van der Waals surface area contributed by atoms with Gasteiger partial charge in [-0.25, -0.2) is 9.78 Å². The Hall–Kier alpha value is -1.88. The predicted octanol–water partition coefficient (Wildman–Crippen LogP) is 3.55. The summed E-state index contributed by atoms with van der Waals surface area (Å²) in [6, 6.07) is 10.3. The van der Waals surface area contributed by atoms with Gasteiger partial charge in [-0.1, -0.05) is 43.2 Å². The molecule has 4 nitrogen and oxygen atoms in total. The van der Waals surface area contributed by atoms with Gasteiger partial charge in [-0.05, 0) is 12.8 Å². The second-order valence-corrected chi connectivity index (χ2v) is 6.24. The van der Waals surface area contributed by atoms with Crippen LogP contribution in [0, 0.1) is 0 Å². The monoisotopic (exact) mass is 301 g/mol. The number of carbonyl (C=O) groups is 1. The number of benzene rings is 1. The molecule has 1 saturated carbocycles. The van der Waals surface area contributed by atoms with E-state index in [1.807, 2.05) is 35.7 Å². The lowest BCUT2D eigenvalue weighted by molar-refractivity contribution is 0.236. The van der Waals surface area contributed by atoms with Gasteiger partial charge in [0.1, 0.15) is 5.01 Å². The average Bonchev–Trinajstić information content (AvgIpc) is 3.17. The lowest BCUT2D eigenvalue weighted by Crippen LogP contribution is -2.40. The lowest BCUT2D eigenvalue weighted by Gasteiger charge is -2.12. The minimum atomic E-state index is -0.0849. The topological polar surface area (TPSA) is 54.0 Å². The van der Waals surface area contributed by atoms with E-state index in [0.29, 0.717) is 12.6 Å². The fourth-order valence-electron chi connectivity index (χ4n) is 2.60. The summed E-state index contributed by atoms with van der Waals surface area (Å²) >= 11 is 1.58. The van der Waals surface area contributed by atoms with Crippen LogP contribution in [0.1, 0.15) is 30.7 Å². The van der Waals surface area contributed by atoms with E-state index in [4.69, 9.17) is 0 Å². The van der Waals surface area contributed by atoms with Crippen LogP contribution in [0.3, 0.4) is 0 Å². The molecular formula is C16H19N3OS. The van der Waals surface area contributed by atoms with Crippen molar-refractivity contribution in [3.63, 3.8) is 0 Å². The Morgan fingerprint density at radius 1 is 1.24 bits per heavy atom. The first-order valence-corrected chi connectivity index (χ1v) is 8.23. The van der Waals surface area contributed by atoms with Crippen LogP contribution in [0.25, 0.3) is 11.3 Å². The Morgan fingerprint density at radius 3 is 2.76 bits per heavy atom. The van der Waals surface area contributed by atoms with Crippen LogP contribution in [0.15, 0.2) is 35.7 Å². The number of nitrogens with one attached hydrogen (secondary N) is 2. The highest BCUT2D eigenvalue weighted by molar-refractivity contribution is 7.09. The van der Waals surface area contributed by atoms with Crippen molar-refractivity contribution in [2.45, 2.75) is 38.3 Å². The summed E-state index contributed by atoms with van der Waals surface area (Å²) in [5.41, 5.74) is 2.07. The van der Waals surface area contributed by atoms with Crippen molar-refractivity contribution in [3.05, 3.63) is 40.7 Å². The van der Waals surface area contributed by atoms with Crippen molar-refractivity contribution >= 4 is 17.4 Å². The van der Waals surface area contributed by atoms with Crippen LogP contribution >= 0.6 is 11.3 Å². The second kappa shape index (κ2) is 6.72. The van der Waals surface area contributed by atoms with E-state index < -0.39 is 0 Å². The molecule has 0 spiro atoms. The van der Waals surface area contributed by atoms with E-state index in [1.54, 1.807) is 11.3 Å². The Bertz CT molecular complexity index is 591. The minimum absolute atomic E-state index is 0.0849. The molecule has 1 aliphatic carbocycles. The Labute approximate surface area is 128 Å². The molecule has 0 atom stereocenters. The SMILES string of the molecule is O=C(NCc1nc(-c2ccccc2)cs1)NC1CCCC1. The smallest absolute Gasteiger partial charge is 0.315 e. The van der Waals surface area contributed by atoms with Crippen LogP contribution in [0.2, 0.25) is 0 Å². The largest absolute Gasteiger partial charge is 0.335 e. The third-order valence-corrected chi connectivity index (χ3v) is 4.56. The van der Waals surface area contributed by atoms with Gasteiger partial charge >= 0.3 is 6.03 Å². The molecule has 0 bridgehead atoms. The standard InChI is InChI=1S/C16H19N3OS/c20-16(18-13-8-4-5-9-13)17-10-15-19-14(11-21-15)12-6-2-1-3-7-12/h1-3,6-7,11,13H,4-5,8-10H2,(H2,17,18,20). The highest BCUT2D eigenvalue weighted by Gasteiger charge is 2.16. The molecule has 0 radical (unpaired) electrons. The number of aromatic nitrogens is 1. The van der Waals surface area contributed by atoms with Gasteiger partial charge in [0.2, 0.25) is 0 Å². The van der Waals surface area contributed by atoms with E-state index in [2.05, 4.69) is 15.6 Å². The third kappa shape index (κ3) is 3.82. The minimum Gasteiger partial charge on any atom is -0.335 e. The Morgan fingerprint density at radius 2 is 2.00 bits per heavy atom. The maximum atomic E-state index is 11.8.